The molecule has 2 fully saturated rings. The maximum Gasteiger partial charge on any atom is 0.124 e. The highest BCUT2D eigenvalue weighted by atomic mass is 16.3. The highest BCUT2D eigenvalue weighted by Crippen LogP contribution is 2.58. The molecule has 70 valence electrons. The van der Waals surface area contributed by atoms with Crippen LogP contribution in [-0.2, 0) is 5.54 Å². The summed E-state index contributed by atoms with van der Waals surface area (Å²) in [7, 11) is 0. The first-order chi connectivity index (χ1) is 6.17. The third-order valence-electron chi connectivity index (χ3n) is 3.55. The van der Waals surface area contributed by atoms with E-state index < -0.39 is 0 Å². The molecular weight excluding hydrogens is 162 g/mol. The van der Waals surface area contributed by atoms with Crippen LogP contribution in [-0.4, -0.2) is 0 Å². The molecule has 2 aliphatic rings. The van der Waals surface area contributed by atoms with Gasteiger partial charge in [0.1, 0.15) is 11.5 Å². The maximum absolute atomic E-state index is 6.32. The van der Waals surface area contributed by atoms with Crippen LogP contribution in [0.4, 0.5) is 0 Å². The minimum atomic E-state index is -0.137. The van der Waals surface area contributed by atoms with Gasteiger partial charge in [0.15, 0.2) is 0 Å². The second kappa shape index (κ2) is 2.18. The lowest BCUT2D eigenvalue weighted by Gasteiger charge is -2.22. The summed E-state index contributed by atoms with van der Waals surface area (Å²) in [4.78, 5) is 0. The Kier molecular flexibility index (Phi) is 1.28. The van der Waals surface area contributed by atoms with Crippen LogP contribution in [0, 0.1) is 18.8 Å². The molecule has 0 saturated heterocycles. The SMILES string of the molecule is Cc1ccc(C2(N)CC3CC3C2)o1. The Hall–Kier alpha value is -0.760. The van der Waals surface area contributed by atoms with Gasteiger partial charge in [0.25, 0.3) is 0 Å². The van der Waals surface area contributed by atoms with Crippen molar-refractivity contribution < 1.29 is 4.42 Å². The van der Waals surface area contributed by atoms with Crippen molar-refractivity contribution in [2.45, 2.75) is 31.7 Å². The van der Waals surface area contributed by atoms with Gasteiger partial charge in [-0.3, -0.25) is 0 Å². The lowest BCUT2D eigenvalue weighted by molar-refractivity contribution is 0.316. The van der Waals surface area contributed by atoms with E-state index >= 15 is 0 Å². The second-order valence-corrected chi connectivity index (χ2v) is 4.73. The molecule has 1 aromatic heterocycles. The van der Waals surface area contributed by atoms with E-state index in [4.69, 9.17) is 10.2 Å². The number of hydrogen-bond acceptors (Lipinski definition) is 2. The van der Waals surface area contributed by atoms with Crippen LogP contribution in [0.15, 0.2) is 16.5 Å². The van der Waals surface area contributed by atoms with E-state index in [1.165, 1.54) is 6.42 Å². The molecule has 0 bridgehead atoms. The predicted molar refractivity (Wildman–Crippen MR) is 50.1 cm³/mol. The summed E-state index contributed by atoms with van der Waals surface area (Å²) >= 11 is 0. The van der Waals surface area contributed by atoms with Crippen LogP contribution in [0.2, 0.25) is 0 Å². The van der Waals surface area contributed by atoms with Gasteiger partial charge in [-0.25, -0.2) is 0 Å². The smallest absolute Gasteiger partial charge is 0.124 e. The molecule has 0 aromatic carbocycles. The molecule has 2 atom stereocenters. The molecule has 0 amide bonds. The molecule has 2 heteroatoms. The maximum atomic E-state index is 6.32. The number of nitrogens with two attached hydrogens (primary N) is 1. The van der Waals surface area contributed by atoms with Crippen molar-refractivity contribution in [2.75, 3.05) is 0 Å². The Morgan fingerprint density at radius 1 is 1.38 bits per heavy atom. The summed E-state index contributed by atoms with van der Waals surface area (Å²) in [5.74, 6) is 3.77. The molecule has 2 unspecified atom stereocenters. The minimum Gasteiger partial charge on any atom is -0.464 e. The Morgan fingerprint density at radius 3 is 2.62 bits per heavy atom. The second-order valence-electron chi connectivity index (χ2n) is 4.73. The van der Waals surface area contributed by atoms with E-state index in [0.29, 0.717) is 0 Å². The molecular formula is C11H15NO. The monoisotopic (exact) mass is 177 g/mol. The van der Waals surface area contributed by atoms with E-state index in [9.17, 15) is 0 Å². The molecule has 0 spiro atoms. The first-order valence-corrected chi connectivity index (χ1v) is 5.03. The molecule has 1 heterocycles. The fraction of sp³-hybridized carbons (Fsp3) is 0.636. The van der Waals surface area contributed by atoms with Crippen LogP contribution in [0.25, 0.3) is 0 Å². The highest BCUT2D eigenvalue weighted by Gasteiger charge is 2.53. The van der Waals surface area contributed by atoms with E-state index in [1.54, 1.807) is 0 Å². The van der Waals surface area contributed by atoms with Gasteiger partial charge in [-0.1, -0.05) is 0 Å². The Labute approximate surface area is 78.1 Å². The molecule has 1 aromatic rings. The summed E-state index contributed by atoms with van der Waals surface area (Å²) in [6, 6.07) is 4.05. The summed E-state index contributed by atoms with van der Waals surface area (Å²) in [6.45, 7) is 1.97. The van der Waals surface area contributed by atoms with Crippen molar-refractivity contribution in [2.24, 2.45) is 17.6 Å². The van der Waals surface area contributed by atoms with E-state index in [0.717, 1.165) is 36.2 Å². The molecule has 2 aliphatic carbocycles. The third-order valence-corrected chi connectivity index (χ3v) is 3.55. The van der Waals surface area contributed by atoms with Gasteiger partial charge in [-0.05, 0) is 50.2 Å². The van der Waals surface area contributed by atoms with E-state index in [-0.39, 0.29) is 5.54 Å². The Balaban J connectivity index is 1.91. The van der Waals surface area contributed by atoms with Crippen molar-refractivity contribution in [3.05, 3.63) is 23.7 Å². The van der Waals surface area contributed by atoms with Crippen molar-refractivity contribution in [1.82, 2.24) is 0 Å². The number of aryl methyl sites for hydroxylation is 1. The van der Waals surface area contributed by atoms with Gasteiger partial charge < -0.3 is 10.2 Å². The summed E-state index contributed by atoms with van der Waals surface area (Å²) < 4.78 is 5.61. The van der Waals surface area contributed by atoms with Crippen LogP contribution < -0.4 is 5.73 Å². The average molecular weight is 177 g/mol. The molecule has 2 saturated carbocycles. The van der Waals surface area contributed by atoms with Crippen molar-refractivity contribution in [1.29, 1.82) is 0 Å². The number of furan rings is 1. The van der Waals surface area contributed by atoms with Gasteiger partial charge in [-0.2, -0.15) is 0 Å². The van der Waals surface area contributed by atoms with Gasteiger partial charge in [0.05, 0.1) is 5.54 Å². The first kappa shape index (κ1) is 7.63. The Bertz CT molecular complexity index is 332. The predicted octanol–water partition coefficient (Wildman–Crippen LogP) is 2.17. The van der Waals surface area contributed by atoms with Gasteiger partial charge >= 0.3 is 0 Å². The van der Waals surface area contributed by atoms with Gasteiger partial charge in [0, 0.05) is 0 Å². The van der Waals surface area contributed by atoms with E-state index in [2.05, 4.69) is 0 Å². The van der Waals surface area contributed by atoms with Gasteiger partial charge in [0.2, 0.25) is 0 Å². The van der Waals surface area contributed by atoms with Crippen molar-refractivity contribution >= 4 is 0 Å². The quantitative estimate of drug-likeness (QED) is 0.714. The number of rotatable bonds is 1. The zero-order valence-corrected chi connectivity index (χ0v) is 7.92. The largest absolute Gasteiger partial charge is 0.464 e. The van der Waals surface area contributed by atoms with Crippen LogP contribution >= 0.6 is 0 Å². The Morgan fingerprint density at radius 2 is 2.08 bits per heavy atom. The zero-order chi connectivity index (χ0) is 9.05. The minimum absolute atomic E-state index is 0.137. The summed E-state index contributed by atoms with van der Waals surface area (Å²) in [6.07, 6.45) is 3.66. The lowest BCUT2D eigenvalue weighted by Crippen LogP contribution is -2.34. The van der Waals surface area contributed by atoms with Gasteiger partial charge in [-0.15, -0.1) is 0 Å². The lowest BCUT2D eigenvalue weighted by atomic mass is 9.92. The summed E-state index contributed by atoms with van der Waals surface area (Å²) in [5.41, 5.74) is 6.18. The normalized spacial score (nSPS) is 42.0. The van der Waals surface area contributed by atoms with Crippen LogP contribution in [0.5, 0.6) is 0 Å². The fourth-order valence-electron chi connectivity index (χ4n) is 2.73. The fourth-order valence-corrected chi connectivity index (χ4v) is 2.73. The third kappa shape index (κ3) is 1.05. The average Bonchev–Trinajstić information content (AvgIpc) is 2.54. The highest BCUT2D eigenvalue weighted by molar-refractivity contribution is 5.21. The standard InChI is InChI=1S/C11H15NO/c1-7-2-3-10(13-7)11(12)5-8-4-9(8)6-11/h2-3,8-9H,4-6,12H2,1H3. The van der Waals surface area contributed by atoms with Crippen LogP contribution in [0.3, 0.4) is 0 Å². The zero-order valence-electron chi connectivity index (χ0n) is 7.92. The number of hydrogen-bond donors (Lipinski definition) is 1. The molecule has 13 heavy (non-hydrogen) atoms. The first-order valence-electron chi connectivity index (χ1n) is 5.03. The molecule has 3 rings (SSSR count). The summed E-state index contributed by atoms with van der Waals surface area (Å²) in [5, 5.41) is 0. The molecule has 2 nitrogen and oxygen atoms in total. The van der Waals surface area contributed by atoms with Crippen molar-refractivity contribution in [3.63, 3.8) is 0 Å². The number of fused-ring (bicyclic) bond motifs is 1. The van der Waals surface area contributed by atoms with E-state index in [1.807, 2.05) is 19.1 Å². The molecule has 0 aliphatic heterocycles. The topological polar surface area (TPSA) is 39.2 Å². The van der Waals surface area contributed by atoms with Crippen LogP contribution in [0.1, 0.15) is 30.8 Å². The molecule has 2 N–H and O–H groups in total. The van der Waals surface area contributed by atoms with Crippen molar-refractivity contribution in [3.8, 4) is 0 Å². The molecule has 0 radical (unpaired) electrons.